The summed E-state index contributed by atoms with van der Waals surface area (Å²) >= 11 is 0. The molecule has 1 aliphatic heterocycles. The van der Waals surface area contributed by atoms with E-state index in [0.29, 0.717) is 37.0 Å². The van der Waals surface area contributed by atoms with Gasteiger partial charge >= 0.3 is 0 Å². The van der Waals surface area contributed by atoms with E-state index in [0.717, 1.165) is 5.56 Å². The number of nitrogens with zero attached hydrogens (tertiary/aromatic N) is 4. The van der Waals surface area contributed by atoms with Gasteiger partial charge in [-0.15, -0.1) is 10.2 Å². The van der Waals surface area contributed by atoms with Crippen molar-refractivity contribution in [2.45, 2.75) is 17.2 Å². The molecule has 0 radical (unpaired) electrons. The van der Waals surface area contributed by atoms with Gasteiger partial charge in [0.15, 0.2) is 0 Å². The van der Waals surface area contributed by atoms with E-state index in [1.165, 1.54) is 4.31 Å². The zero-order valence-electron chi connectivity index (χ0n) is 14.6. The number of hydrogen-bond donors (Lipinski definition) is 0. The first-order chi connectivity index (χ1) is 13.1. The second kappa shape index (κ2) is 7.09. The first-order valence-electron chi connectivity index (χ1n) is 8.46. The summed E-state index contributed by atoms with van der Waals surface area (Å²) in [6, 6.07) is 10.00. The highest BCUT2D eigenvalue weighted by atomic mass is 32.2. The fourth-order valence-electron chi connectivity index (χ4n) is 3.05. The maximum Gasteiger partial charge on any atom is 0.249 e. The zero-order valence-corrected chi connectivity index (χ0v) is 15.5. The number of aromatic nitrogens is 3. The minimum Gasteiger partial charge on any atom is -0.497 e. The van der Waals surface area contributed by atoms with Crippen LogP contribution in [-0.2, 0) is 10.0 Å². The van der Waals surface area contributed by atoms with E-state index in [1.54, 1.807) is 49.8 Å². The predicted molar refractivity (Wildman–Crippen MR) is 96.6 cm³/mol. The third kappa shape index (κ3) is 3.43. The van der Waals surface area contributed by atoms with Gasteiger partial charge in [0.05, 0.1) is 23.5 Å². The minimum atomic E-state index is -3.57. The fraction of sp³-hybridized carbons (Fsp3) is 0.278. The first-order valence-corrected chi connectivity index (χ1v) is 9.90. The Morgan fingerprint density at radius 1 is 1.19 bits per heavy atom. The van der Waals surface area contributed by atoms with Gasteiger partial charge in [-0.1, -0.05) is 0 Å². The number of ether oxygens (including phenoxy) is 1. The van der Waals surface area contributed by atoms with Gasteiger partial charge in [0.1, 0.15) is 5.75 Å². The van der Waals surface area contributed by atoms with Crippen molar-refractivity contribution in [1.29, 1.82) is 0 Å². The molecule has 1 saturated heterocycles. The molecule has 3 heterocycles. The highest BCUT2D eigenvalue weighted by molar-refractivity contribution is 7.89. The van der Waals surface area contributed by atoms with Crippen LogP contribution >= 0.6 is 0 Å². The topological polar surface area (TPSA) is 98.4 Å². The van der Waals surface area contributed by atoms with Crippen molar-refractivity contribution < 1.29 is 17.6 Å². The zero-order chi connectivity index (χ0) is 18.9. The molecular weight excluding hydrogens is 368 g/mol. The van der Waals surface area contributed by atoms with E-state index in [2.05, 4.69) is 15.2 Å². The van der Waals surface area contributed by atoms with Gasteiger partial charge in [0.25, 0.3) is 0 Å². The van der Waals surface area contributed by atoms with Crippen molar-refractivity contribution in [2.75, 3.05) is 20.2 Å². The molecule has 0 amide bonds. The number of pyridine rings is 1. The van der Waals surface area contributed by atoms with Gasteiger partial charge < -0.3 is 9.15 Å². The molecular formula is C18H18N4O4S. The minimum absolute atomic E-state index is 0.129. The Kier molecular flexibility index (Phi) is 4.63. The molecule has 0 saturated carbocycles. The van der Waals surface area contributed by atoms with E-state index in [9.17, 15) is 8.42 Å². The largest absolute Gasteiger partial charge is 0.497 e. The van der Waals surface area contributed by atoms with Gasteiger partial charge in [0.2, 0.25) is 21.8 Å². The quantitative estimate of drug-likeness (QED) is 0.663. The molecule has 0 spiro atoms. The lowest BCUT2D eigenvalue weighted by molar-refractivity contribution is 0.414. The lowest BCUT2D eigenvalue weighted by Gasteiger charge is -2.16. The summed E-state index contributed by atoms with van der Waals surface area (Å²) in [5.74, 6) is 1.31. The molecule has 0 N–H and O–H groups in total. The van der Waals surface area contributed by atoms with Crippen LogP contribution in [0, 0.1) is 0 Å². The number of methoxy groups -OCH3 is 1. The lowest BCUT2D eigenvalue weighted by atomic mass is 10.1. The van der Waals surface area contributed by atoms with E-state index >= 15 is 0 Å². The molecule has 1 aliphatic rings. The summed E-state index contributed by atoms with van der Waals surface area (Å²) in [6.07, 6.45) is 3.94. The molecule has 8 nitrogen and oxygen atoms in total. The molecule has 1 atom stereocenters. The van der Waals surface area contributed by atoms with Gasteiger partial charge in [-0.05, 0) is 42.8 Å². The lowest BCUT2D eigenvalue weighted by Crippen LogP contribution is -2.28. The average molecular weight is 386 g/mol. The van der Waals surface area contributed by atoms with Gasteiger partial charge in [-0.2, -0.15) is 4.31 Å². The van der Waals surface area contributed by atoms with Crippen molar-refractivity contribution >= 4 is 10.0 Å². The molecule has 2 aromatic heterocycles. The van der Waals surface area contributed by atoms with E-state index in [-0.39, 0.29) is 10.8 Å². The molecule has 1 fully saturated rings. The highest BCUT2D eigenvalue weighted by Crippen LogP contribution is 2.32. The van der Waals surface area contributed by atoms with Crippen molar-refractivity contribution in [2.24, 2.45) is 0 Å². The second-order valence-electron chi connectivity index (χ2n) is 6.21. The van der Waals surface area contributed by atoms with Gasteiger partial charge in [-0.3, -0.25) is 4.98 Å². The average Bonchev–Trinajstić information content (AvgIpc) is 3.38. The molecule has 1 unspecified atom stereocenters. The van der Waals surface area contributed by atoms with E-state index < -0.39 is 10.0 Å². The third-order valence-electron chi connectivity index (χ3n) is 4.55. The van der Waals surface area contributed by atoms with Gasteiger partial charge in [0, 0.05) is 25.5 Å². The Morgan fingerprint density at radius 2 is 2.00 bits per heavy atom. The van der Waals surface area contributed by atoms with Crippen molar-refractivity contribution in [3.05, 3.63) is 54.7 Å². The summed E-state index contributed by atoms with van der Waals surface area (Å²) < 4.78 is 38.0. The molecule has 9 heteroatoms. The number of benzene rings is 1. The van der Waals surface area contributed by atoms with Crippen molar-refractivity contribution in [3.8, 4) is 17.2 Å². The van der Waals surface area contributed by atoms with Crippen molar-refractivity contribution in [1.82, 2.24) is 19.5 Å². The standard InChI is InChI=1S/C18H18N4O4S/c1-25-15-4-6-16(7-5-15)27(23,24)22-10-8-14(12-22)18-21-20-17(26-18)13-3-2-9-19-11-13/h2-7,9,11,14H,8,10,12H2,1H3. The number of hydrogen-bond acceptors (Lipinski definition) is 7. The molecule has 0 bridgehead atoms. The Balaban J connectivity index is 1.50. The van der Waals surface area contributed by atoms with Crippen LogP contribution in [-0.4, -0.2) is 48.1 Å². The molecule has 4 rings (SSSR count). The van der Waals surface area contributed by atoms with E-state index in [1.807, 2.05) is 6.07 Å². The Labute approximate surface area is 156 Å². The Bertz CT molecular complexity index is 1020. The van der Waals surface area contributed by atoms with E-state index in [4.69, 9.17) is 9.15 Å². The summed E-state index contributed by atoms with van der Waals surface area (Å²) in [6.45, 7) is 0.715. The molecule has 3 aromatic rings. The second-order valence-corrected chi connectivity index (χ2v) is 8.15. The number of rotatable bonds is 5. The highest BCUT2D eigenvalue weighted by Gasteiger charge is 2.35. The SMILES string of the molecule is COc1ccc(S(=O)(=O)N2CCC(c3nnc(-c4cccnc4)o3)C2)cc1. The van der Waals surface area contributed by atoms with Crippen LogP contribution < -0.4 is 4.74 Å². The van der Waals surface area contributed by atoms with Gasteiger partial charge in [-0.25, -0.2) is 8.42 Å². The monoisotopic (exact) mass is 386 g/mol. The summed E-state index contributed by atoms with van der Waals surface area (Å²) in [4.78, 5) is 4.28. The Morgan fingerprint density at radius 3 is 2.70 bits per heavy atom. The van der Waals surface area contributed by atoms with Crippen LogP contribution in [0.4, 0.5) is 0 Å². The normalized spacial score (nSPS) is 17.9. The third-order valence-corrected chi connectivity index (χ3v) is 6.43. The smallest absolute Gasteiger partial charge is 0.249 e. The fourth-order valence-corrected chi connectivity index (χ4v) is 4.55. The summed E-state index contributed by atoms with van der Waals surface area (Å²) in [5, 5.41) is 8.16. The molecule has 27 heavy (non-hydrogen) atoms. The Hall–Kier alpha value is -2.78. The van der Waals surface area contributed by atoms with Crippen LogP contribution in [0.1, 0.15) is 18.2 Å². The summed E-state index contributed by atoms with van der Waals surface area (Å²) in [7, 11) is -2.03. The van der Waals surface area contributed by atoms with Crippen LogP contribution in [0.15, 0.2) is 58.1 Å². The summed E-state index contributed by atoms with van der Waals surface area (Å²) in [5.41, 5.74) is 0.733. The van der Waals surface area contributed by atoms with Crippen LogP contribution in [0.25, 0.3) is 11.5 Å². The van der Waals surface area contributed by atoms with Crippen LogP contribution in [0.2, 0.25) is 0 Å². The predicted octanol–water partition coefficient (Wildman–Crippen LogP) is 2.32. The van der Waals surface area contributed by atoms with Crippen LogP contribution in [0.3, 0.4) is 0 Å². The molecule has 0 aliphatic carbocycles. The van der Waals surface area contributed by atoms with Crippen LogP contribution in [0.5, 0.6) is 5.75 Å². The molecule has 1 aromatic carbocycles. The van der Waals surface area contributed by atoms with Crippen molar-refractivity contribution in [3.63, 3.8) is 0 Å². The maximum atomic E-state index is 12.8. The maximum absolute atomic E-state index is 12.8. The molecule has 140 valence electrons. The first kappa shape index (κ1) is 17.6. The number of sulfonamides is 1.